The Labute approximate surface area is 80.9 Å². The van der Waals surface area contributed by atoms with Crippen LogP contribution < -0.4 is 0 Å². The smallest absolute Gasteiger partial charge is 0.358 e. The minimum atomic E-state index is -3.24. The molecule has 0 N–H and O–H groups in total. The number of nitrogens with zero attached hydrogens (tertiary/aromatic N) is 3. The molecule has 1 aromatic rings. The Hall–Kier alpha value is -2.17. The average molecular weight is 217 g/mol. The highest BCUT2D eigenvalue weighted by Crippen LogP contribution is 2.26. The molecular formula is C7H2F3N3O2. The predicted octanol–water partition coefficient (Wildman–Crippen LogP) is 1.94. The van der Waals surface area contributed by atoms with Crippen molar-refractivity contribution in [2.45, 2.75) is 6.43 Å². The van der Waals surface area contributed by atoms with Gasteiger partial charge >= 0.3 is 5.82 Å². The average Bonchev–Trinajstić information content (AvgIpc) is 2.15. The summed E-state index contributed by atoms with van der Waals surface area (Å²) in [7, 11) is 0. The fraction of sp³-hybridized carbons (Fsp3) is 0.143. The molecule has 0 aliphatic heterocycles. The molecule has 5 nitrogen and oxygen atoms in total. The van der Waals surface area contributed by atoms with Crippen molar-refractivity contribution in [1.29, 1.82) is 5.26 Å². The Balaban J connectivity index is 3.46. The van der Waals surface area contributed by atoms with Crippen molar-refractivity contribution in [3.63, 3.8) is 0 Å². The molecule has 78 valence electrons. The van der Waals surface area contributed by atoms with Crippen LogP contribution in [0.25, 0.3) is 0 Å². The minimum Gasteiger partial charge on any atom is -0.358 e. The van der Waals surface area contributed by atoms with Crippen molar-refractivity contribution in [2.75, 3.05) is 0 Å². The van der Waals surface area contributed by atoms with Gasteiger partial charge in [-0.25, -0.2) is 13.2 Å². The third kappa shape index (κ3) is 2.01. The Kier molecular flexibility index (Phi) is 2.85. The highest BCUT2D eigenvalue weighted by molar-refractivity contribution is 5.38. The maximum absolute atomic E-state index is 12.9. The zero-order chi connectivity index (χ0) is 11.6. The number of aromatic nitrogens is 1. The fourth-order valence-electron chi connectivity index (χ4n) is 0.898. The molecule has 15 heavy (non-hydrogen) atoms. The van der Waals surface area contributed by atoms with Crippen molar-refractivity contribution in [3.05, 3.63) is 33.3 Å². The van der Waals surface area contributed by atoms with Gasteiger partial charge in [0.25, 0.3) is 12.1 Å². The quantitative estimate of drug-likeness (QED) is 0.560. The van der Waals surface area contributed by atoms with Gasteiger partial charge in [0.05, 0.1) is 6.07 Å². The van der Waals surface area contributed by atoms with Gasteiger partial charge in [-0.2, -0.15) is 5.26 Å². The van der Waals surface area contributed by atoms with E-state index >= 15 is 0 Å². The molecule has 0 amide bonds. The van der Waals surface area contributed by atoms with Crippen LogP contribution >= 0.6 is 0 Å². The van der Waals surface area contributed by atoms with Gasteiger partial charge in [0.1, 0.15) is 17.4 Å². The first-order chi connectivity index (χ1) is 6.97. The lowest BCUT2D eigenvalue weighted by atomic mass is 10.2. The molecule has 0 spiro atoms. The van der Waals surface area contributed by atoms with Gasteiger partial charge in [0.2, 0.25) is 0 Å². The van der Waals surface area contributed by atoms with E-state index in [2.05, 4.69) is 4.98 Å². The molecule has 1 rings (SSSR count). The first-order valence-corrected chi connectivity index (χ1v) is 3.50. The van der Waals surface area contributed by atoms with Gasteiger partial charge in [-0.05, 0) is 9.91 Å². The van der Waals surface area contributed by atoms with Crippen LogP contribution in [-0.4, -0.2) is 9.91 Å². The van der Waals surface area contributed by atoms with E-state index in [1.807, 2.05) is 0 Å². The summed E-state index contributed by atoms with van der Waals surface area (Å²) in [6, 6.07) is 1.43. The van der Waals surface area contributed by atoms with E-state index in [0.717, 1.165) is 0 Å². The van der Waals surface area contributed by atoms with Gasteiger partial charge in [-0.15, -0.1) is 0 Å². The highest BCUT2D eigenvalue weighted by Gasteiger charge is 2.26. The molecule has 0 saturated carbocycles. The number of hydrogen-bond donors (Lipinski definition) is 0. The standard InChI is InChI=1S/C7H2F3N3O2/c8-3-1-5(13(14)15)12-4(2-11)6(3)7(9)10/h1,7H. The van der Waals surface area contributed by atoms with Gasteiger partial charge in [-0.1, -0.05) is 0 Å². The molecule has 1 aromatic heterocycles. The normalized spacial score (nSPS) is 10.1. The van der Waals surface area contributed by atoms with E-state index in [1.165, 1.54) is 6.07 Å². The molecule has 0 bridgehead atoms. The third-order valence-corrected chi connectivity index (χ3v) is 1.51. The molecule has 0 aliphatic carbocycles. The van der Waals surface area contributed by atoms with Crippen molar-refractivity contribution in [1.82, 2.24) is 4.98 Å². The predicted molar refractivity (Wildman–Crippen MR) is 40.5 cm³/mol. The zero-order valence-electron chi connectivity index (χ0n) is 6.95. The first-order valence-electron chi connectivity index (χ1n) is 3.50. The summed E-state index contributed by atoms with van der Waals surface area (Å²) in [5, 5.41) is 18.5. The second-order valence-corrected chi connectivity index (χ2v) is 2.39. The summed E-state index contributed by atoms with van der Waals surface area (Å²) in [5.41, 5.74) is -2.19. The molecule has 0 aromatic carbocycles. The van der Waals surface area contributed by atoms with E-state index < -0.39 is 34.2 Å². The van der Waals surface area contributed by atoms with Crippen LogP contribution in [0.15, 0.2) is 6.07 Å². The summed E-state index contributed by atoms with van der Waals surface area (Å²) in [6.45, 7) is 0. The monoisotopic (exact) mass is 217 g/mol. The van der Waals surface area contributed by atoms with Crippen molar-refractivity contribution < 1.29 is 18.1 Å². The summed E-state index contributed by atoms with van der Waals surface area (Å²) in [5.74, 6) is -2.49. The Morgan fingerprint density at radius 3 is 2.60 bits per heavy atom. The van der Waals surface area contributed by atoms with E-state index in [4.69, 9.17) is 5.26 Å². The molecule has 0 atom stereocenters. The second-order valence-electron chi connectivity index (χ2n) is 2.39. The Morgan fingerprint density at radius 1 is 1.60 bits per heavy atom. The van der Waals surface area contributed by atoms with Crippen LogP contribution in [0.4, 0.5) is 19.0 Å². The summed E-state index contributed by atoms with van der Waals surface area (Å²) in [6.07, 6.45) is -3.24. The van der Waals surface area contributed by atoms with Crippen LogP contribution in [0, 0.1) is 27.3 Å². The third-order valence-electron chi connectivity index (χ3n) is 1.51. The summed E-state index contributed by atoms with van der Waals surface area (Å²) in [4.78, 5) is 12.1. The van der Waals surface area contributed by atoms with Crippen LogP contribution in [0.3, 0.4) is 0 Å². The molecule has 0 radical (unpaired) electrons. The van der Waals surface area contributed by atoms with Crippen molar-refractivity contribution >= 4 is 5.82 Å². The number of nitriles is 1. The minimum absolute atomic E-state index is 0.252. The van der Waals surface area contributed by atoms with Gasteiger partial charge in [0, 0.05) is 0 Å². The molecule has 8 heteroatoms. The number of rotatable bonds is 2. The molecule has 0 fully saturated rings. The van der Waals surface area contributed by atoms with E-state index in [-0.39, 0.29) is 6.07 Å². The lowest BCUT2D eigenvalue weighted by Crippen LogP contribution is -2.03. The molecule has 0 saturated heterocycles. The number of nitro groups is 1. The molecule has 0 aliphatic rings. The number of hydrogen-bond acceptors (Lipinski definition) is 4. The first kappa shape index (κ1) is 10.9. The SMILES string of the molecule is N#Cc1nc([N+](=O)[O-])cc(F)c1C(F)F. The van der Waals surface area contributed by atoms with Gasteiger partial charge < -0.3 is 10.1 Å². The van der Waals surface area contributed by atoms with Crippen LogP contribution in [0.2, 0.25) is 0 Å². The van der Waals surface area contributed by atoms with Crippen molar-refractivity contribution in [2.24, 2.45) is 0 Å². The Bertz CT molecular complexity index is 456. The maximum Gasteiger partial charge on any atom is 0.367 e. The molecule has 1 heterocycles. The maximum atomic E-state index is 12.9. The van der Waals surface area contributed by atoms with Crippen LogP contribution in [0.5, 0.6) is 0 Å². The second kappa shape index (κ2) is 3.91. The van der Waals surface area contributed by atoms with Crippen LogP contribution in [-0.2, 0) is 0 Å². The Morgan fingerprint density at radius 2 is 2.20 bits per heavy atom. The fourth-order valence-corrected chi connectivity index (χ4v) is 0.898. The van der Waals surface area contributed by atoms with E-state index in [9.17, 15) is 23.3 Å². The molecular weight excluding hydrogens is 215 g/mol. The van der Waals surface area contributed by atoms with Crippen LogP contribution in [0.1, 0.15) is 17.7 Å². The summed E-state index contributed by atoms with van der Waals surface area (Å²) < 4.78 is 37.3. The van der Waals surface area contributed by atoms with E-state index in [1.54, 1.807) is 0 Å². The highest BCUT2D eigenvalue weighted by atomic mass is 19.3. The van der Waals surface area contributed by atoms with Gasteiger partial charge in [0.15, 0.2) is 0 Å². The molecule has 0 unspecified atom stereocenters. The van der Waals surface area contributed by atoms with Gasteiger partial charge in [-0.3, -0.25) is 0 Å². The number of halogens is 3. The van der Waals surface area contributed by atoms with Crippen molar-refractivity contribution in [3.8, 4) is 6.07 Å². The zero-order valence-corrected chi connectivity index (χ0v) is 6.95. The van der Waals surface area contributed by atoms with E-state index in [0.29, 0.717) is 0 Å². The lowest BCUT2D eigenvalue weighted by Gasteiger charge is -2.00. The number of pyridine rings is 1. The lowest BCUT2D eigenvalue weighted by molar-refractivity contribution is -0.389. The topological polar surface area (TPSA) is 79.8 Å². The largest absolute Gasteiger partial charge is 0.367 e. The summed E-state index contributed by atoms with van der Waals surface area (Å²) >= 11 is 0. The number of alkyl halides is 2.